The smallest absolute Gasteiger partial charge is 0.389 e. The zero-order valence-electron chi connectivity index (χ0n) is 9.88. The summed E-state index contributed by atoms with van der Waals surface area (Å²) in [6, 6.07) is 4.88. The van der Waals surface area contributed by atoms with Crippen molar-refractivity contribution in [2.24, 2.45) is 5.92 Å². The fourth-order valence-corrected chi connectivity index (χ4v) is 2.30. The van der Waals surface area contributed by atoms with E-state index in [2.05, 4.69) is 0 Å². The molecular formula is C13H13F3O2. The highest BCUT2D eigenvalue weighted by molar-refractivity contribution is 6.00. The Kier molecular flexibility index (Phi) is 3.32. The molecule has 2 nitrogen and oxygen atoms in total. The zero-order valence-corrected chi connectivity index (χ0v) is 9.88. The molecule has 1 atom stereocenters. The second-order valence-electron chi connectivity index (χ2n) is 4.44. The van der Waals surface area contributed by atoms with Gasteiger partial charge in [-0.15, -0.1) is 0 Å². The molecule has 0 aromatic heterocycles. The fraction of sp³-hybridized carbons (Fsp3) is 0.462. The lowest BCUT2D eigenvalue weighted by Gasteiger charge is -2.24. The van der Waals surface area contributed by atoms with Gasteiger partial charge >= 0.3 is 6.18 Å². The van der Waals surface area contributed by atoms with Crippen molar-refractivity contribution < 1.29 is 22.7 Å². The van der Waals surface area contributed by atoms with Crippen LogP contribution in [0.5, 0.6) is 5.75 Å². The van der Waals surface area contributed by atoms with Gasteiger partial charge in [-0.05, 0) is 36.6 Å². The number of carbonyl (C=O) groups is 1. The van der Waals surface area contributed by atoms with E-state index in [1.54, 1.807) is 18.2 Å². The van der Waals surface area contributed by atoms with Gasteiger partial charge in [0.15, 0.2) is 5.78 Å². The SMILES string of the molecule is COc1ccc2c(c1)CCC(CC(F)(F)F)C2=O. The van der Waals surface area contributed by atoms with Crippen LogP contribution in [0.1, 0.15) is 28.8 Å². The molecule has 0 amide bonds. The molecule has 18 heavy (non-hydrogen) atoms. The summed E-state index contributed by atoms with van der Waals surface area (Å²) in [6.45, 7) is 0. The lowest BCUT2D eigenvalue weighted by atomic mass is 9.81. The van der Waals surface area contributed by atoms with E-state index in [9.17, 15) is 18.0 Å². The van der Waals surface area contributed by atoms with E-state index >= 15 is 0 Å². The second-order valence-corrected chi connectivity index (χ2v) is 4.44. The number of ether oxygens (including phenoxy) is 1. The Hall–Kier alpha value is -1.52. The minimum Gasteiger partial charge on any atom is -0.497 e. The van der Waals surface area contributed by atoms with Crippen molar-refractivity contribution in [2.75, 3.05) is 7.11 Å². The molecule has 0 N–H and O–H groups in total. The van der Waals surface area contributed by atoms with Crippen LogP contribution >= 0.6 is 0 Å². The van der Waals surface area contributed by atoms with E-state index in [1.165, 1.54) is 7.11 Å². The molecule has 0 saturated carbocycles. The van der Waals surface area contributed by atoms with Crippen molar-refractivity contribution in [3.8, 4) is 5.75 Å². The molecular weight excluding hydrogens is 245 g/mol. The third kappa shape index (κ3) is 2.66. The van der Waals surface area contributed by atoms with Crippen molar-refractivity contribution in [1.82, 2.24) is 0 Å². The molecule has 0 radical (unpaired) electrons. The quantitative estimate of drug-likeness (QED) is 0.812. The Morgan fingerprint density at radius 1 is 1.39 bits per heavy atom. The van der Waals surface area contributed by atoms with Crippen LogP contribution in [0.2, 0.25) is 0 Å². The number of fused-ring (bicyclic) bond motifs is 1. The lowest BCUT2D eigenvalue weighted by Crippen LogP contribution is -2.27. The summed E-state index contributed by atoms with van der Waals surface area (Å²) in [5, 5.41) is 0. The molecule has 1 aromatic rings. The molecule has 1 aliphatic carbocycles. The predicted octanol–water partition coefficient (Wildman–Crippen LogP) is 3.39. The van der Waals surface area contributed by atoms with Gasteiger partial charge in [0.2, 0.25) is 0 Å². The summed E-state index contributed by atoms with van der Waals surface area (Å²) in [5.74, 6) is -0.724. The van der Waals surface area contributed by atoms with E-state index < -0.39 is 24.3 Å². The van der Waals surface area contributed by atoms with Crippen LogP contribution in [0.15, 0.2) is 18.2 Å². The first kappa shape index (κ1) is 12.9. The number of ketones is 1. The average molecular weight is 258 g/mol. The van der Waals surface area contributed by atoms with Crippen molar-refractivity contribution in [1.29, 1.82) is 0 Å². The molecule has 98 valence electrons. The molecule has 0 spiro atoms. The van der Waals surface area contributed by atoms with Crippen molar-refractivity contribution >= 4 is 5.78 Å². The van der Waals surface area contributed by atoms with Gasteiger partial charge < -0.3 is 4.74 Å². The first-order valence-corrected chi connectivity index (χ1v) is 5.68. The molecule has 1 unspecified atom stereocenters. The van der Waals surface area contributed by atoms with E-state index in [4.69, 9.17) is 4.74 Å². The van der Waals surface area contributed by atoms with Crippen molar-refractivity contribution in [2.45, 2.75) is 25.4 Å². The number of carbonyl (C=O) groups excluding carboxylic acids is 1. The second kappa shape index (κ2) is 4.63. The minimum atomic E-state index is -4.29. The molecule has 5 heteroatoms. The standard InChI is InChI=1S/C13H13F3O2/c1-18-10-4-5-11-8(6-10)2-3-9(12(11)17)7-13(14,15)16/h4-6,9H,2-3,7H2,1H3. The van der Waals surface area contributed by atoms with Gasteiger partial charge in [-0.3, -0.25) is 4.79 Å². The average Bonchev–Trinajstić information content (AvgIpc) is 2.31. The van der Waals surface area contributed by atoms with E-state index in [1.807, 2.05) is 0 Å². The molecule has 0 fully saturated rings. The number of alkyl halides is 3. The highest BCUT2D eigenvalue weighted by Gasteiger charge is 2.37. The fourth-order valence-electron chi connectivity index (χ4n) is 2.30. The van der Waals surface area contributed by atoms with Gasteiger partial charge in [0.1, 0.15) is 5.75 Å². The monoisotopic (exact) mass is 258 g/mol. The van der Waals surface area contributed by atoms with Gasteiger partial charge in [0, 0.05) is 11.5 Å². The molecule has 2 rings (SSSR count). The summed E-state index contributed by atoms with van der Waals surface area (Å²) < 4.78 is 42.0. The van der Waals surface area contributed by atoms with Gasteiger partial charge in [-0.25, -0.2) is 0 Å². The number of aryl methyl sites for hydroxylation is 1. The van der Waals surface area contributed by atoms with Crippen LogP contribution in [0.3, 0.4) is 0 Å². The van der Waals surface area contributed by atoms with Crippen LogP contribution in [0.4, 0.5) is 13.2 Å². The normalized spacial score (nSPS) is 19.6. The molecule has 0 aliphatic heterocycles. The first-order chi connectivity index (χ1) is 8.40. The maximum Gasteiger partial charge on any atom is 0.389 e. The lowest BCUT2D eigenvalue weighted by molar-refractivity contribution is -0.141. The maximum atomic E-state index is 12.3. The van der Waals surface area contributed by atoms with Crippen molar-refractivity contribution in [3.05, 3.63) is 29.3 Å². The summed E-state index contributed by atoms with van der Waals surface area (Å²) in [6.07, 6.45) is -4.58. The third-order valence-electron chi connectivity index (χ3n) is 3.19. The minimum absolute atomic E-state index is 0.249. The summed E-state index contributed by atoms with van der Waals surface area (Å²) >= 11 is 0. The van der Waals surface area contributed by atoms with E-state index in [-0.39, 0.29) is 6.42 Å². The van der Waals surface area contributed by atoms with E-state index in [0.29, 0.717) is 17.7 Å². The first-order valence-electron chi connectivity index (χ1n) is 5.68. The largest absolute Gasteiger partial charge is 0.497 e. The highest BCUT2D eigenvalue weighted by Crippen LogP contribution is 2.35. The van der Waals surface area contributed by atoms with Gasteiger partial charge in [0.25, 0.3) is 0 Å². The van der Waals surface area contributed by atoms with E-state index in [0.717, 1.165) is 5.56 Å². The van der Waals surface area contributed by atoms with Crippen molar-refractivity contribution in [3.63, 3.8) is 0 Å². The number of rotatable bonds is 2. The summed E-state index contributed by atoms with van der Waals surface area (Å²) in [7, 11) is 1.51. The number of hydrogen-bond donors (Lipinski definition) is 0. The predicted molar refractivity (Wildman–Crippen MR) is 59.8 cm³/mol. The zero-order chi connectivity index (χ0) is 13.3. The number of halogens is 3. The summed E-state index contributed by atoms with van der Waals surface area (Å²) in [5.41, 5.74) is 1.18. The van der Waals surface area contributed by atoms with Crippen LogP contribution in [-0.4, -0.2) is 19.1 Å². The number of methoxy groups -OCH3 is 1. The van der Waals surface area contributed by atoms with Gasteiger partial charge in [-0.1, -0.05) is 0 Å². The molecule has 1 aliphatic rings. The molecule has 1 aromatic carbocycles. The number of hydrogen-bond acceptors (Lipinski definition) is 2. The van der Waals surface area contributed by atoms with Gasteiger partial charge in [-0.2, -0.15) is 13.2 Å². The maximum absolute atomic E-state index is 12.3. The molecule has 0 saturated heterocycles. The Labute approximate surface area is 103 Å². The Morgan fingerprint density at radius 2 is 2.11 bits per heavy atom. The Balaban J connectivity index is 2.23. The molecule has 0 bridgehead atoms. The number of Topliss-reactive ketones (excluding diaryl/α,β-unsaturated/α-hetero) is 1. The van der Waals surface area contributed by atoms with Crippen LogP contribution in [0, 0.1) is 5.92 Å². The highest BCUT2D eigenvalue weighted by atomic mass is 19.4. The Bertz CT molecular complexity index is 466. The van der Waals surface area contributed by atoms with Gasteiger partial charge in [0.05, 0.1) is 13.5 Å². The van der Waals surface area contributed by atoms with Crippen LogP contribution in [0.25, 0.3) is 0 Å². The van der Waals surface area contributed by atoms with Crippen LogP contribution in [-0.2, 0) is 6.42 Å². The Morgan fingerprint density at radius 3 is 2.72 bits per heavy atom. The number of benzene rings is 1. The van der Waals surface area contributed by atoms with Crippen LogP contribution < -0.4 is 4.74 Å². The topological polar surface area (TPSA) is 26.3 Å². The molecule has 0 heterocycles. The third-order valence-corrected chi connectivity index (χ3v) is 3.19. The summed E-state index contributed by atoms with van der Waals surface area (Å²) in [4.78, 5) is 12.0.